The highest BCUT2D eigenvalue weighted by molar-refractivity contribution is 8.18. The number of nitrogens with one attached hydrogen (secondary N) is 1. The highest BCUT2D eigenvalue weighted by Gasteiger charge is 2.24. The number of furan rings is 1. The van der Waals surface area contributed by atoms with Gasteiger partial charge in [0.05, 0.1) is 11.2 Å². The van der Waals surface area contributed by atoms with E-state index < -0.39 is 0 Å². The molecule has 0 atom stereocenters. The number of rotatable bonds is 4. The van der Waals surface area contributed by atoms with Gasteiger partial charge in [-0.1, -0.05) is 12.1 Å². The Morgan fingerprint density at radius 1 is 1.19 bits per heavy atom. The zero-order chi connectivity index (χ0) is 14.7. The average Bonchev–Trinajstić information content (AvgIpc) is 3.08. The number of ether oxygens (including phenoxy) is 1. The number of amides is 2. The molecule has 0 bridgehead atoms. The van der Waals surface area contributed by atoms with E-state index >= 15 is 0 Å². The first kappa shape index (κ1) is 13.5. The van der Waals surface area contributed by atoms with Gasteiger partial charge < -0.3 is 9.15 Å². The first-order chi connectivity index (χ1) is 10.2. The molecule has 106 valence electrons. The van der Waals surface area contributed by atoms with Gasteiger partial charge in [0.25, 0.3) is 11.1 Å². The molecule has 2 amide bonds. The largest absolute Gasteiger partial charge is 0.486 e. The molecule has 1 aromatic carbocycles. The number of benzene rings is 1. The van der Waals surface area contributed by atoms with Crippen molar-refractivity contribution in [2.24, 2.45) is 0 Å². The summed E-state index contributed by atoms with van der Waals surface area (Å²) in [4.78, 5) is 22.9. The third-order valence-corrected chi connectivity index (χ3v) is 3.59. The van der Waals surface area contributed by atoms with Crippen LogP contribution in [0.4, 0.5) is 4.79 Å². The van der Waals surface area contributed by atoms with Crippen LogP contribution in [0.5, 0.6) is 5.75 Å². The van der Waals surface area contributed by atoms with Gasteiger partial charge in [-0.15, -0.1) is 0 Å². The van der Waals surface area contributed by atoms with Crippen molar-refractivity contribution in [3.63, 3.8) is 0 Å². The van der Waals surface area contributed by atoms with Crippen LogP contribution >= 0.6 is 11.8 Å². The van der Waals surface area contributed by atoms with Gasteiger partial charge in [-0.05, 0) is 47.7 Å². The summed E-state index contributed by atoms with van der Waals surface area (Å²) in [5, 5.41) is 1.87. The van der Waals surface area contributed by atoms with Crippen molar-refractivity contribution in [3.05, 3.63) is 58.9 Å². The minimum absolute atomic E-state index is 0.343. The van der Waals surface area contributed by atoms with Crippen LogP contribution in [-0.4, -0.2) is 11.1 Å². The molecule has 1 fully saturated rings. The maximum atomic E-state index is 11.4. The summed E-state index contributed by atoms with van der Waals surface area (Å²) in [6.07, 6.45) is 3.26. The van der Waals surface area contributed by atoms with Crippen molar-refractivity contribution in [1.82, 2.24) is 5.32 Å². The van der Waals surface area contributed by atoms with Crippen LogP contribution in [0.2, 0.25) is 0 Å². The molecule has 1 N–H and O–H groups in total. The SMILES string of the molecule is O=C1NC(=O)/C(=C/c2ccc(OCc3ccco3)cc2)S1. The lowest BCUT2D eigenvalue weighted by Crippen LogP contribution is -2.17. The Morgan fingerprint density at radius 3 is 2.62 bits per heavy atom. The van der Waals surface area contributed by atoms with Crippen LogP contribution in [0, 0.1) is 0 Å². The van der Waals surface area contributed by atoms with Gasteiger partial charge >= 0.3 is 0 Å². The number of thioether (sulfide) groups is 1. The smallest absolute Gasteiger partial charge is 0.290 e. The second-order valence-corrected chi connectivity index (χ2v) is 5.30. The van der Waals surface area contributed by atoms with Crippen molar-refractivity contribution in [3.8, 4) is 5.75 Å². The van der Waals surface area contributed by atoms with E-state index in [1.54, 1.807) is 30.5 Å². The molecule has 1 aliphatic rings. The first-order valence-corrected chi connectivity index (χ1v) is 7.02. The topological polar surface area (TPSA) is 68.5 Å². The summed E-state index contributed by atoms with van der Waals surface area (Å²) in [5.74, 6) is 1.09. The van der Waals surface area contributed by atoms with Gasteiger partial charge in [-0.2, -0.15) is 0 Å². The standard InChI is InChI=1S/C15H11NO4S/c17-14-13(21-15(18)16-14)8-10-3-5-11(6-4-10)20-9-12-2-1-7-19-12/h1-8H,9H2,(H,16,17,18)/b13-8-. The highest BCUT2D eigenvalue weighted by Crippen LogP contribution is 2.26. The summed E-state index contributed by atoms with van der Waals surface area (Å²) in [6.45, 7) is 0.361. The molecule has 0 radical (unpaired) electrons. The second kappa shape index (κ2) is 5.88. The normalized spacial score (nSPS) is 16.3. The molecule has 2 aromatic rings. The molecule has 5 nitrogen and oxygen atoms in total. The fourth-order valence-corrected chi connectivity index (χ4v) is 2.46. The van der Waals surface area contributed by atoms with Gasteiger partial charge in [0.1, 0.15) is 18.1 Å². The second-order valence-electron chi connectivity index (χ2n) is 4.29. The predicted molar refractivity (Wildman–Crippen MR) is 78.6 cm³/mol. The predicted octanol–water partition coefficient (Wildman–Crippen LogP) is 3.18. The molecule has 0 spiro atoms. The maximum absolute atomic E-state index is 11.4. The van der Waals surface area contributed by atoms with E-state index in [2.05, 4.69) is 5.32 Å². The van der Waals surface area contributed by atoms with Gasteiger partial charge in [0, 0.05) is 0 Å². The van der Waals surface area contributed by atoms with Crippen LogP contribution in [0.25, 0.3) is 6.08 Å². The molecular formula is C15H11NO4S. The minimum Gasteiger partial charge on any atom is -0.486 e. The Hall–Kier alpha value is -2.47. The van der Waals surface area contributed by atoms with Crippen LogP contribution < -0.4 is 10.1 Å². The number of hydrogen-bond donors (Lipinski definition) is 1. The molecule has 0 unspecified atom stereocenters. The fourth-order valence-electron chi connectivity index (χ4n) is 1.78. The fraction of sp³-hybridized carbons (Fsp3) is 0.0667. The number of imide groups is 1. The van der Waals surface area contributed by atoms with Crippen LogP contribution in [0.3, 0.4) is 0 Å². The quantitative estimate of drug-likeness (QED) is 0.878. The summed E-state index contributed by atoms with van der Waals surface area (Å²) in [6, 6.07) is 10.9. The lowest BCUT2D eigenvalue weighted by molar-refractivity contribution is -0.115. The van der Waals surface area contributed by atoms with Gasteiger partial charge in [-0.3, -0.25) is 14.9 Å². The van der Waals surface area contributed by atoms with Gasteiger partial charge in [-0.25, -0.2) is 0 Å². The summed E-state index contributed by atoms with van der Waals surface area (Å²) in [7, 11) is 0. The highest BCUT2D eigenvalue weighted by atomic mass is 32.2. The molecule has 0 saturated carbocycles. The molecule has 6 heteroatoms. The molecule has 3 rings (SSSR count). The van der Waals surface area contributed by atoms with Crippen molar-refractivity contribution < 1.29 is 18.7 Å². The monoisotopic (exact) mass is 301 g/mol. The molecule has 2 heterocycles. The number of carbonyl (C=O) groups is 2. The van der Waals surface area contributed by atoms with E-state index in [0.717, 1.165) is 23.1 Å². The van der Waals surface area contributed by atoms with Gasteiger partial charge in [0.2, 0.25) is 0 Å². The van der Waals surface area contributed by atoms with E-state index in [9.17, 15) is 9.59 Å². The molecule has 1 saturated heterocycles. The van der Waals surface area contributed by atoms with Crippen molar-refractivity contribution >= 4 is 29.0 Å². The molecular weight excluding hydrogens is 290 g/mol. The third-order valence-electron chi connectivity index (χ3n) is 2.78. The first-order valence-electron chi connectivity index (χ1n) is 6.21. The zero-order valence-corrected chi connectivity index (χ0v) is 11.7. The number of hydrogen-bond acceptors (Lipinski definition) is 5. The summed E-state index contributed by atoms with van der Waals surface area (Å²) >= 11 is 0.899. The third kappa shape index (κ3) is 3.35. The molecule has 1 aromatic heterocycles. The van der Waals surface area contributed by atoms with Gasteiger partial charge in [0.15, 0.2) is 0 Å². The maximum Gasteiger partial charge on any atom is 0.290 e. The Bertz CT molecular complexity index is 689. The Kier molecular flexibility index (Phi) is 3.79. The summed E-state index contributed by atoms with van der Waals surface area (Å²) < 4.78 is 10.7. The Balaban J connectivity index is 1.65. The summed E-state index contributed by atoms with van der Waals surface area (Å²) in [5.41, 5.74) is 0.827. The van der Waals surface area contributed by atoms with Crippen molar-refractivity contribution in [2.75, 3.05) is 0 Å². The zero-order valence-electron chi connectivity index (χ0n) is 10.9. The van der Waals surface area contributed by atoms with E-state index in [-0.39, 0.29) is 11.1 Å². The lowest BCUT2D eigenvalue weighted by atomic mass is 10.2. The molecule has 21 heavy (non-hydrogen) atoms. The molecule has 0 aliphatic carbocycles. The van der Waals surface area contributed by atoms with E-state index in [0.29, 0.717) is 17.3 Å². The Labute approximate surface area is 125 Å². The van der Waals surface area contributed by atoms with Crippen molar-refractivity contribution in [2.45, 2.75) is 6.61 Å². The lowest BCUT2D eigenvalue weighted by Gasteiger charge is -2.04. The van der Waals surface area contributed by atoms with Crippen LogP contribution in [-0.2, 0) is 11.4 Å². The van der Waals surface area contributed by atoms with Crippen molar-refractivity contribution in [1.29, 1.82) is 0 Å². The van der Waals surface area contributed by atoms with E-state index in [1.165, 1.54) is 0 Å². The van der Waals surface area contributed by atoms with E-state index in [4.69, 9.17) is 9.15 Å². The van der Waals surface area contributed by atoms with E-state index in [1.807, 2.05) is 18.2 Å². The average molecular weight is 301 g/mol. The minimum atomic E-state index is -0.358. The van der Waals surface area contributed by atoms with Crippen LogP contribution in [0.15, 0.2) is 52.0 Å². The van der Waals surface area contributed by atoms with Crippen LogP contribution in [0.1, 0.15) is 11.3 Å². The number of carbonyl (C=O) groups excluding carboxylic acids is 2. The molecule has 1 aliphatic heterocycles. The Morgan fingerprint density at radius 2 is 2.00 bits per heavy atom.